The number of aliphatic hydroxyl groups is 1. The van der Waals surface area contributed by atoms with Crippen LogP contribution in [0.1, 0.15) is 18.5 Å². The molecule has 0 spiro atoms. The summed E-state index contributed by atoms with van der Waals surface area (Å²) in [6.07, 6.45) is 1.73. The molecule has 2 aliphatic heterocycles. The summed E-state index contributed by atoms with van der Waals surface area (Å²) in [5.74, 6) is -1.33. The molecule has 0 aliphatic carbocycles. The Bertz CT molecular complexity index is 886. The van der Waals surface area contributed by atoms with Gasteiger partial charge in [-0.3, -0.25) is 25.0 Å². The third-order valence-corrected chi connectivity index (χ3v) is 4.63. The summed E-state index contributed by atoms with van der Waals surface area (Å²) < 4.78 is 35.9. The molecule has 28 heavy (non-hydrogen) atoms. The van der Waals surface area contributed by atoms with Crippen molar-refractivity contribution >= 4 is 28.2 Å². The molecule has 0 aromatic carbocycles. The van der Waals surface area contributed by atoms with Crippen LogP contribution in [-0.4, -0.2) is 79.5 Å². The van der Waals surface area contributed by atoms with Crippen LogP contribution in [0.15, 0.2) is 6.20 Å². The monoisotopic (exact) mass is 419 g/mol. The summed E-state index contributed by atoms with van der Waals surface area (Å²) >= 11 is 0. The minimum atomic E-state index is -4.88. The average molecular weight is 419 g/mol. The van der Waals surface area contributed by atoms with Crippen molar-refractivity contribution in [2.24, 2.45) is 0 Å². The zero-order valence-electron chi connectivity index (χ0n) is 14.3. The number of aliphatic hydroxyl groups excluding tert-OH is 1. The fourth-order valence-electron chi connectivity index (χ4n) is 3.03. The molecule has 2 saturated heterocycles. The van der Waals surface area contributed by atoms with Crippen molar-refractivity contribution in [3.05, 3.63) is 11.9 Å². The first-order chi connectivity index (χ1) is 13.2. The van der Waals surface area contributed by atoms with Crippen LogP contribution >= 0.6 is 0 Å². The zero-order valence-corrected chi connectivity index (χ0v) is 15.1. The van der Waals surface area contributed by atoms with Gasteiger partial charge < -0.3 is 10.0 Å². The van der Waals surface area contributed by atoms with Gasteiger partial charge in [-0.25, -0.2) is 9.48 Å². The lowest BCUT2D eigenvalue weighted by Crippen LogP contribution is -2.54. The molecule has 0 radical (unpaired) electrons. The molecule has 4 amide bonds. The van der Waals surface area contributed by atoms with E-state index in [1.54, 1.807) is 0 Å². The van der Waals surface area contributed by atoms with E-state index in [2.05, 4.69) is 25.4 Å². The molecule has 2 fully saturated rings. The van der Waals surface area contributed by atoms with Crippen LogP contribution in [-0.2, 0) is 37.4 Å². The number of rotatable bonds is 6. The highest BCUT2D eigenvalue weighted by atomic mass is 32.3. The minimum absolute atomic E-state index is 0.0270. The van der Waals surface area contributed by atoms with Gasteiger partial charge >= 0.3 is 16.4 Å². The fourth-order valence-corrected chi connectivity index (χ4v) is 3.42. The summed E-state index contributed by atoms with van der Waals surface area (Å²) in [6, 6.07) is -2.47. The number of hydroxylamine groups is 2. The number of hydrogen-bond acceptors (Lipinski definition) is 9. The van der Waals surface area contributed by atoms with E-state index < -0.39 is 40.3 Å². The molecule has 154 valence electrons. The van der Waals surface area contributed by atoms with Gasteiger partial charge in [0.1, 0.15) is 12.6 Å². The Morgan fingerprint density at radius 3 is 2.75 bits per heavy atom. The molecule has 16 heteroatoms. The lowest BCUT2D eigenvalue weighted by molar-refractivity contribution is -0.132. The van der Waals surface area contributed by atoms with Gasteiger partial charge in [0.05, 0.1) is 24.5 Å². The summed E-state index contributed by atoms with van der Waals surface area (Å²) in [5.41, 5.74) is 4.66. The number of amides is 4. The van der Waals surface area contributed by atoms with E-state index in [0.717, 1.165) is 9.58 Å². The van der Waals surface area contributed by atoms with Gasteiger partial charge in [0, 0.05) is 6.54 Å². The smallest absolute Gasteiger partial charge is 0.390 e. The van der Waals surface area contributed by atoms with E-state index in [0.29, 0.717) is 10.8 Å². The highest BCUT2D eigenvalue weighted by molar-refractivity contribution is 7.80. The van der Waals surface area contributed by atoms with Gasteiger partial charge in [0.2, 0.25) is 0 Å². The van der Waals surface area contributed by atoms with Crippen molar-refractivity contribution in [2.75, 3.05) is 6.54 Å². The van der Waals surface area contributed by atoms with Crippen molar-refractivity contribution < 1.29 is 36.7 Å². The largest absolute Gasteiger partial charge is 0.418 e. The maximum atomic E-state index is 12.3. The summed E-state index contributed by atoms with van der Waals surface area (Å²) in [7, 11) is -4.88. The van der Waals surface area contributed by atoms with E-state index in [1.807, 2.05) is 0 Å². The predicted octanol–water partition coefficient (Wildman–Crippen LogP) is -3.08. The van der Waals surface area contributed by atoms with Crippen LogP contribution in [0.2, 0.25) is 0 Å². The number of urea groups is 1. The molecule has 2 atom stereocenters. The number of carbonyl (C=O) groups excluding carboxylic acids is 3. The molecule has 0 saturated carbocycles. The summed E-state index contributed by atoms with van der Waals surface area (Å²) in [4.78, 5) is 37.6. The number of aromatic nitrogens is 3. The maximum Gasteiger partial charge on any atom is 0.418 e. The molecule has 4 N–H and O–H groups in total. The standard InChI is InChI=1S/C12H17N7O8S/c20-6-8-3-13-16-18(8)5-10(21)14-15-11(22)9-2-1-7-4-17(9)12(23)19(7)27-28(24,25)26/h3,7,9,20H,1-2,4-6H2,(H,14,21)(H,15,22)(H,24,25,26)/t7-,9+/m1/s1. The number of hydrogen-bond donors (Lipinski definition) is 4. The Labute approximate surface area is 158 Å². The van der Waals surface area contributed by atoms with Crippen molar-refractivity contribution in [2.45, 2.75) is 38.1 Å². The normalized spacial score (nSPS) is 21.7. The molecular weight excluding hydrogens is 402 g/mol. The van der Waals surface area contributed by atoms with Gasteiger partial charge in [0.25, 0.3) is 11.8 Å². The van der Waals surface area contributed by atoms with E-state index in [9.17, 15) is 22.8 Å². The van der Waals surface area contributed by atoms with Crippen LogP contribution in [0.3, 0.4) is 0 Å². The number of nitrogens with zero attached hydrogens (tertiary/aromatic N) is 5. The third-order valence-electron chi connectivity index (χ3n) is 4.28. The van der Waals surface area contributed by atoms with Crippen LogP contribution < -0.4 is 10.9 Å². The summed E-state index contributed by atoms with van der Waals surface area (Å²) in [5, 5.41) is 16.8. The summed E-state index contributed by atoms with van der Waals surface area (Å²) in [6.45, 7) is -0.643. The lowest BCUT2D eigenvalue weighted by Gasteiger charge is -2.29. The number of hydrazine groups is 1. The second-order valence-electron chi connectivity index (χ2n) is 6.09. The average Bonchev–Trinajstić information content (AvgIpc) is 3.17. The minimum Gasteiger partial charge on any atom is -0.390 e. The first kappa shape index (κ1) is 19.9. The number of carbonyl (C=O) groups is 3. The zero-order chi connectivity index (χ0) is 20.5. The molecule has 15 nitrogen and oxygen atoms in total. The first-order valence-electron chi connectivity index (χ1n) is 8.03. The van der Waals surface area contributed by atoms with Gasteiger partial charge in [-0.15, -0.1) is 9.38 Å². The maximum absolute atomic E-state index is 12.3. The van der Waals surface area contributed by atoms with Gasteiger partial charge in [-0.05, 0) is 12.8 Å². The molecule has 2 bridgehead atoms. The first-order valence-corrected chi connectivity index (χ1v) is 9.40. The molecule has 3 rings (SSSR count). The molecule has 2 aliphatic rings. The predicted molar refractivity (Wildman–Crippen MR) is 85.6 cm³/mol. The van der Waals surface area contributed by atoms with Gasteiger partial charge in [-0.1, -0.05) is 5.21 Å². The molecule has 3 heterocycles. The van der Waals surface area contributed by atoms with Crippen LogP contribution in [0, 0.1) is 0 Å². The Morgan fingerprint density at radius 1 is 1.32 bits per heavy atom. The Balaban J connectivity index is 1.55. The van der Waals surface area contributed by atoms with Gasteiger partial charge in [0.15, 0.2) is 0 Å². The topological polar surface area (TPSA) is 196 Å². The lowest BCUT2D eigenvalue weighted by atomic mass is 10.0. The number of fused-ring (bicyclic) bond motifs is 2. The van der Waals surface area contributed by atoms with E-state index in [1.165, 1.54) is 6.20 Å². The molecule has 0 unspecified atom stereocenters. The number of nitrogens with one attached hydrogen (secondary N) is 2. The quantitative estimate of drug-likeness (QED) is 0.271. The van der Waals surface area contributed by atoms with E-state index in [4.69, 9.17) is 9.66 Å². The van der Waals surface area contributed by atoms with Crippen LogP contribution in [0.4, 0.5) is 4.79 Å². The fraction of sp³-hybridized carbons (Fsp3) is 0.583. The van der Waals surface area contributed by atoms with Crippen LogP contribution in [0.5, 0.6) is 0 Å². The second kappa shape index (κ2) is 7.66. The molecule has 1 aromatic rings. The van der Waals surface area contributed by atoms with Crippen molar-refractivity contribution in [1.29, 1.82) is 0 Å². The van der Waals surface area contributed by atoms with Crippen LogP contribution in [0.25, 0.3) is 0 Å². The SMILES string of the molecule is O=C(Cn1nncc1CO)NNC(=O)[C@@H]1CC[C@@H]2CN1C(=O)N2OS(=O)(=O)O. The van der Waals surface area contributed by atoms with Crippen molar-refractivity contribution in [1.82, 2.24) is 35.8 Å². The van der Waals surface area contributed by atoms with E-state index in [-0.39, 0.29) is 32.5 Å². The van der Waals surface area contributed by atoms with Crippen molar-refractivity contribution in [3.63, 3.8) is 0 Å². The highest BCUT2D eigenvalue weighted by Crippen LogP contribution is 2.30. The Hall–Kier alpha value is -2.82. The highest BCUT2D eigenvalue weighted by Gasteiger charge is 2.49. The third kappa shape index (κ3) is 4.19. The van der Waals surface area contributed by atoms with Gasteiger partial charge in [-0.2, -0.15) is 13.5 Å². The van der Waals surface area contributed by atoms with Crippen molar-refractivity contribution in [3.8, 4) is 0 Å². The second-order valence-corrected chi connectivity index (χ2v) is 7.09. The van der Waals surface area contributed by atoms with E-state index >= 15 is 0 Å². The molecule has 1 aromatic heterocycles. The molecular formula is C12H17N7O8S. The number of piperidine rings is 1. The Kier molecular flexibility index (Phi) is 5.45. The Morgan fingerprint density at radius 2 is 2.07 bits per heavy atom.